The summed E-state index contributed by atoms with van der Waals surface area (Å²) in [6.07, 6.45) is 8.43. The molecule has 7 nitrogen and oxygen atoms in total. The van der Waals surface area contributed by atoms with E-state index in [1.165, 1.54) is 0 Å². The first-order valence-electron chi connectivity index (χ1n) is 8.67. The van der Waals surface area contributed by atoms with Crippen LogP contribution in [-0.2, 0) is 24.1 Å². The molecule has 2 aromatic heterocycles. The molecule has 0 bridgehead atoms. The van der Waals surface area contributed by atoms with Crippen molar-refractivity contribution in [2.24, 2.45) is 0 Å². The average molecular weight is 330 g/mol. The Morgan fingerprint density at radius 1 is 1.29 bits per heavy atom. The molecule has 1 fully saturated rings. The van der Waals surface area contributed by atoms with Crippen molar-refractivity contribution in [3.63, 3.8) is 0 Å². The van der Waals surface area contributed by atoms with Gasteiger partial charge in [-0.1, -0.05) is 5.16 Å². The molecule has 0 radical (unpaired) electrons. The van der Waals surface area contributed by atoms with Crippen LogP contribution in [0.3, 0.4) is 0 Å². The van der Waals surface area contributed by atoms with Crippen LogP contribution < -0.4 is 0 Å². The number of hydrogen-bond acceptors (Lipinski definition) is 5. The van der Waals surface area contributed by atoms with E-state index in [1.54, 1.807) is 6.20 Å². The summed E-state index contributed by atoms with van der Waals surface area (Å²) in [7, 11) is 0. The molecule has 0 unspecified atom stereocenters. The van der Waals surface area contributed by atoms with Crippen LogP contribution in [-0.4, -0.2) is 51.5 Å². The second-order valence-electron chi connectivity index (χ2n) is 6.47. The first-order chi connectivity index (χ1) is 11.8. The first kappa shape index (κ1) is 15.4. The average Bonchev–Trinajstić information content (AvgIpc) is 3.20. The Kier molecular flexibility index (Phi) is 4.34. The number of carbonyl (C=O) groups excluding carboxylic acids is 1. The minimum absolute atomic E-state index is 0.0298. The van der Waals surface area contributed by atoms with Gasteiger partial charge in [-0.25, -0.2) is 0 Å². The van der Waals surface area contributed by atoms with E-state index < -0.39 is 0 Å². The van der Waals surface area contributed by atoms with Gasteiger partial charge in [-0.2, -0.15) is 5.10 Å². The number of hydrogen-bond donors (Lipinski definition) is 0. The lowest BCUT2D eigenvalue weighted by Crippen LogP contribution is -2.39. The van der Waals surface area contributed by atoms with E-state index in [9.17, 15) is 4.79 Å². The first-order valence-corrected chi connectivity index (χ1v) is 8.67. The van der Waals surface area contributed by atoms with Gasteiger partial charge in [0.15, 0.2) is 5.69 Å². The summed E-state index contributed by atoms with van der Waals surface area (Å²) in [4.78, 5) is 14.8. The normalized spacial score (nSPS) is 21.3. The van der Waals surface area contributed by atoms with E-state index in [-0.39, 0.29) is 12.0 Å². The Balaban J connectivity index is 1.49. The SMILES string of the molecule is O=C(c1noc2c1CCCC2)N1CCCO[C@@H](Cn2cccn2)C1. The maximum absolute atomic E-state index is 13.0. The molecule has 0 spiro atoms. The Labute approximate surface area is 140 Å². The summed E-state index contributed by atoms with van der Waals surface area (Å²) in [6, 6.07) is 1.89. The maximum Gasteiger partial charge on any atom is 0.276 e. The van der Waals surface area contributed by atoms with Crippen LogP contribution in [0.5, 0.6) is 0 Å². The molecule has 2 aromatic rings. The molecular formula is C17H22N4O3. The van der Waals surface area contributed by atoms with Gasteiger partial charge < -0.3 is 14.2 Å². The summed E-state index contributed by atoms with van der Waals surface area (Å²) in [5.41, 5.74) is 1.52. The summed E-state index contributed by atoms with van der Waals surface area (Å²) in [5.74, 6) is 0.863. The van der Waals surface area contributed by atoms with Gasteiger partial charge in [0, 0.05) is 44.1 Å². The van der Waals surface area contributed by atoms with Gasteiger partial charge in [-0.05, 0) is 31.7 Å². The van der Waals surface area contributed by atoms with Gasteiger partial charge in [-0.15, -0.1) is 0 Å². The lowest BCUT2D eigenvalue weighted by atomic mass is 9.96. The molecule has 4 rings (SSSR count). The summed E-state index contributed by atoms with van der Waals surface area (Å²) >= 11 is 0. The molecule has 7 heteroatoms. The van der Waals surface area contributed by atoms with Crippen molar-refractivity contribution >= 4 is 5.91 Å². The summed E-state index contributed by atoms with van der Waals surface area (Å²) in [5, 5.41) is 8.30. The van der Waals surface area contributed by atoms with Crippen LogP contribution >= 0.6 is 0 Å². The van der Waals surface area contributed by atoms with Crippen LogP contribution in [0.4, 0.5) is 0 Å². The molecule has 0 aromatic carbocycles. The molecule has 0 saturated carbocycles. The highest BCUT2D eigenvalue weighted by Gasteiger charge is 2.30. The number of aryl methyl sites for hydroxylation is 1. The van der Waals surface area contributed by atoms with Gasteiger partial charge in [0.05, 0.1) is 12.6 Å². The minimum Gasteiger partial charge on any atom is -0.374 e. The quantitative estimate of drug-likeness (QED) is 0.856. The fourth-order valence-corrected chi connectivity index (χ4v) is 3.51. The topological polar surface area (TPSA) is 73.4 Å². The Morgan fingerprint density at radius 2 is 2.21 bits per heavy atom. The summed E-state index contributed by atoms with van der Waals surface area (Å²) in [6.45, 7) is 2.55. The van der Waals surface area contributed by atoms with Crippen LogP contribution in [0.2, 0.25) is 0 Å². The third kappa shape index (κ3) is 3.08. The van der Waals surface area contributed by atoms with Gasteiger partial charge in [0.2, 0.25) is 0 Å². The highest BCUT2D eigenvalue weighted by molar-refractivity contribution is 5.94. The van der Waals surface area contributed by atoms with Crippen LogP contribution in [0.25, 0.3) is 0 Å². The molecule has 3 heterocycles. The molecule has 2 aliphatic rings. The van der Waals surface area contributed by atoms with E-state index in [4.69, 9.17) is 9.26 Å². The van der Waals surface area contributed by atoms with E-state index in [0.29, 0.717) is 31.9 Å². The second-order valence-corrected chi connectivity index (χ2v) is 6.47. The van der Waals surface area contributed by atoms with Crippen molar-refractivity contribution in [2.75, 3.05) is 19.7 Å². The third-order valence-electron chi connectivity index (χ3n) is 4.74. The number of aromatic nitrogens is 3. The van der Waals surface area contributed by atoms with Crippen molar-refractivity contribution in [3.05, 3.63) is 35.5 Å². The number of fused-ring (bicyclic) bond motifs is 1. The monoisotopic (exact) mass is 330 g/mol. The van der Waals surface area contributed by atoms with Crippen LogP contribution in [0.15, 0.2) is 23.0 Å². The fraction of sp³-hybridized carbons (Fsp3) is 0.588. The van der Waals surface area contributed by atoms with Crippen molar-refractivity contribution in [1.82, 2.24) is 19.8 Å². The zero-order valence-corrected chi connectivity index (χ0v) is 13.7. The number of ether oxygens (including phenoxy) is 1. The van der Waals surface area contributed by atoms with Crippen molar-refractivity contribution in [2.45, 2.75) is 44.8 Å². The third-order valence-corrected chi connectivity index (χ3v) is 4.74. The number of rotatable bonds is 3. The Morgan fingerprint density at radius 3 is 3.08 bits per heavy atom. The molecule has 1 atom stereocenters. The molecule has 24 heavy (non-hydrogen) atoms. The maximum atomic E-state index is 13.0. The molecule has 1 amide bonds. The Bertz CT molecular complexity index is 695. The molecule has 0 N–H and O–H groups in total. The van der Waals surface area contributed by atoms with Crippen molar-refractivity contribution in [3.8, 4) is 0 Å². The number of amides is 1. The second kappa shape index (κ2) is 6.76. The van der Waals surface area contributed by atoms with E-state index >= 15 is 0 Å². The lowest BCUT2D eigenvalue weighted by molar-refractivity contribution is 0.0364. The fourth-order valence-electron chi connectivity index (χ4n) is 3.51. The molecule has 1 aliphatic carbocycles. The van der Waals surface area contributed by atoms with Gasteiger partial charge in [0.1, 0.15) is 5.76 Å². The lowest BCUT2D eigenvalue weighted by Gasteiger charge is -2.23. The smallest absolute Gasteiger partial charge is 0.276 e. The zero-order valence-electron chi connectivity index (χ0n) is 13.7. The van der Waals surface area contributed by atoms with Crippen LogP contribution in [0.1, 0.15) is 41.1 Å². The number of carbonyl (C=O) groups is 1. The van der Waals surface area contributed by atoms with Gasteiger partial charge >= 0.3 is 0 Å². The predicted octanol–water partition coefficient (Wildman–Crippen LogP) is 1.68. The predicted molar refractivity (Wildman–Crippen MR) is 85.6 cm³/mol. The molecule has 1 aliphatic heterocycles. The van der Waals surface area contributed by atoms with E-state index in [1.807, 2.05) is 21.8 Å². The van der Waals surface area contributed by atoms with Crippen LogP contribution in [0, 0.1) is 0 Å². The standard InChI is InChI=1S/C17H22N4O3/c22-17(16-14-5-1-2-6-15(14)24-19-16)20-8-4-10-23-13(11-20)12-21-9-3-7-18-21/h3,7,9,13H,1-2,4-6,8,10-12H2/t13-/m1/s1. The Hall–Kier alpha value is -2.15. The van der Waals surface area contributed by atoms with Gasteiger partial charge in [0.25, 0.3) is 5.91 Å². The van der Waals surface area contributed by atoms with Crippen molar-refractivity contribution < 1.29 is 14.1 Å². The molecule has 1 saturated heterocycles. The highest BCUT2D eigenvalue weighted by atomic mass is 16.5. The van der Waals surface area contributed by atoms with E-state index in [2.05, 4.69) is 10.3 Å². The largest absolute Gasteiger partial charge is 0.374 e. The molecule has 128 valence electrons. The van der Waals surface area contributed by atoms with Gasteiger partial charge in [-0.3, -0.25) is 9.48 Å². The van der Waals surface area contributed by atoms with E-state index in [0.717, 1.165) is 43.4 Å². The minimum atomic E-state index is -0.0564. The number of nitrogens with zero attached hydrogens (tertiary/aromatic N) is 4. The zero-order chi connectivity index (χ0) is 16.4. The summed E-state index contributed by atoms with van der Waals surface area (Å²) < 4.78 is 13.1. The highest BCUT2D eigenvalue weighted by Crippen LogP contribution is 2.25. The molecular weight excluding hydrogens is 308 g/mol. The van der Waals surface area contributed by atoms with Crippen molar-refractivity contribution in [1.29, 1.82) is 0 Å².